The van der Waals surface area contributed by atoms with Gasteiger partial charge in [0.15, 0.2) is 0 Å². The summed E-state index contributed by atoms with van der Waals surface area (Å²) in [6.45, 7) is 7.03. The standard InChI is InChI=1S/C18H25BrClF/c1-17(2,3)14-6-8-18(12-19,9-7-14)11-13-4-5-15(21)10-16(13)20/h4-5,10,14H,6-9,11-12H2,1-3H3. The third-order valence-corrected chi connectivity index (χ3v) is 6.68. The van der Waals surface area contributed by atoms with Crippen LogP contribution in [0.4, 0.5) is 4.39 Å². The van der Waals surface area contributed by atoms with Crippen LogP contribution in [0.25, 0.3) is 0 Å². The average Bonchev–Trinajstić information content (AvgIpc) is 2.41. The summed E-state index contributed by atoms with van der Waals surface area (Å²) in [6, 6.07) is 4.79. The van der Waals surface area contributed by atoms with Gasteiger partial charge < -0.3 is 0 Å². The number of halogens is 3. The zero-order valence-corrected chi connectivity index (χ0v) is 15.5. The van der Waals surface area contributed by atoms with Crippen molar-refractivity contribution < 1.29 is 4.39 Å². The van der Waals surface area contributed by atoms with Crippen LogP contribution in [0.2, 0.25) is 5.02 Å². The van der Waals surface area contributed by atoms with Crippen LogP contribution < -0.4 is 0 Å². The summed E-state index contributed by atoms with van der Waals surface area (Å²) in [7, 11) is 0. The highest BCUT2D eigenvalue weighted by Gasteiger charge is 2.38. The van der Waals surface area contributed by atoms with Crippen LogP contribution in [0, 0.1) is 22.6 Å². The van der Waals surface area contributed by atoms with E-state index < -0.39 is 0 Å². The quantitative estimate of drug-likeness (QED) is 0.519. The van der Waals surface area contributed by atoms with Crippen molar-refractivity contribution in [1.29, 1.82) is 0 Å². The molecule has 0 aromatic heterocycles. The Bertz CT molecular complexity index is 484. The van der Waals surface area contributed by atoms with Crippen molar-refractivity contribution in [3.05, 3.63) is 34.6 Å². The highest BCUT2D eigenvalue weighted by Crippen LogP contribution is 2.48. The summed E-state index contributed by atoms with van der Waals surface area (Å²) in [6.07, 6.45) is 5.91. The lowest BCUT2D eigenvalue weighted by Crippen LogP contribution is -2.35. The third-order valence-electron chi connectivity index (χ3n) is 5.14. The average molecular weight is 376 g/mol. The third kappa shape index (κ3) is 4.22. The second-order valence-electron chi connectivity index (χ2n) is 7.69. The molecule has 0 aliphatic heterocycles. The minimum absolute atomic E-state index is 0.256. The molecule has 2 rings (SSSR count). The molecule has 1 saturated carbocycles. The monoisotopic (exact) mass is 374 g/mol. The summed E-state index contributed by atoms with van der Waals surface area (Å²) < 4.78 is 13.2. The normalized spacial score (nSPS) is 26.9. The van der Waals surface area contributed by atoms with E-state index in [0.717, 1.165) is 23.2 Å². The molecule has 0 heterocycles. The largest absolute Gasteiger partial charge is 0.207 e. The molecule has 21 heavy (non-hydrogen) atoms. The topological polar surface area (TPSA) is 0 Å². The Labute approximate surface area is 141 Å². The van der Waals surface area contributed by atoms with E-state index >= 15 is 0 Å². The van der Waals surface area contributed by atoms with Gasteiger partial charge >= 0.3 is 0 Å². The molecular formula is C18H25BrClF. The van der Waals surface area contributed by atoms with E-state index in [2.05, 4.69) is 36.7 Å². The Morgan fingerprint density at radius 3 is 2.38 bits per heavy atom. The summed E-state index contributed by atoms with van der Waals surface area (Å²) >= 11 is 9.93. The number of hydrogen-bond donors (Lipinski definition) is 0. The Balaban J connectivity index is 2.10. The first-order chi connectivity index (χ1) is 9.76. The smallest absolute Gasteiger partial charge is 0.124 e. The first kappa shape index (κ1) is 17.3. The van der Waals surface area contributed by atoms with Gasteiger partial charge in [-0.05, 0) is 66.5 Å². The molecule has 0 unspecified atom stereocenters. The van der Waals surface area contributed by atoms with Gasteiger partial charge in [-0.25, -0.2) is 4.39 Å². The maximum atomic E-state index is 13.2. The Morgan fingerprint density at radius 2 is 1.90 bits per heavy atom. The van der Waals surface area contributed by atoms with Gasteiger partial charge in [-0.1, -0.05) is 54.4 Å². The first-order valence-electron chi connectivity index (χ1n) is 7.76. The summed E-state index contributed by atoms with van der Waals surface area (Å²) in [4.78, 5) is 0. The lowest BCUT2D eigenvalue weighted by atomic mass is 9.63. The van der Waals surface area contributed by atoms with Gasteiger partial charge in [-0.15, -0.1) is 0 Å². The molecule has 1 aromatic rings. The van der Waals surface area contributed by atoms with Gasteiger partial charge in [0, 0.05) is 10.4 Å². The van der Waals surface area contributed by atoms with E-state index in [9.17, 15) is 4.39 Å². The highest BCUT2D eigenvalue weighted by atomic mass is 79.9. The molecule has 118 valence electrons. The molecule has 0 atom stereocenters. The lowest BCUT2D eigenvalue weighted by Gasteiger charge is -2.43. The van der Waals surface area contributed by atoms with Crippen LogP contribution >= 0.6 is 27.5 Å². The van der Waals surface area contributed by atoms with Gasteiger partial charge in [-0.3, -0.25) is 0 Å². The summed E-state index contributed by atoms with van der Waals surface area (Å²) in [5.74, 6) is 0.543. The van der Waals surface area contributed by atoms with Crippen LogP contribution in [0.3, 0.4) is 0 Å². The van der Waals surface area contributed by atoms with Crippen LogP contribution in [0.1, 0.15) is 52.0 Å². The van der Waals surface area contributed by atoms with Crippen molar-refractivity contribution in [2.45, 2.75) is 52.9 Å². The van der Waals surface area contributed by atoms with E-state index in [4.69, 9.17) is 11.6 Å². The van der Waals surface area contributed by atoms with Crippen molar-refractivity contribution >= 4 is 27.5 Å². The van der Waals surface area contributed by atoms with Crippen LogP contribution in [-0.2, 0) is 6.42 Å². The molecule has 0 radical (unpaired) electrons. The van der Waals surface area contributed by atoms with Crippen molar-refractivity contribution in [2.75, 3.05) is 5.33 Å². The fourth-order valence-electron chi connectivity index (χ4n) is 3.52. The van der Waals surface area contributed by atoms with Crippen molar-refractivity contribution in [3.8, 4) is 0 Å². The molecule has 0 nitrogen and oxygen atoms in total. The number of benzene rings is 1. The Hall–Kier alpha value is -0.0800. The SMILES string of the molecule is CC(C)(C)C1CCC(CBr)(Cc2ccc(F)cc2Cl)CC1. The molecule has 0 bridgehead atoms. The van der Waals surface area contributed by atoms with Gasteiger partial charge in [0.25, 0.3) is 0 Å². The van der Waals surface area contributed by atoms with Gasteiger partial charge in [-0.2, -0.15) is 0 Å². The molecule has 1 aromatic carbocycles. The zero-order chi connectivity index (χ0) is 15.7. The molecule has 0 amide bonds. The maximum absolute atomic E-state index is 13.2. The Morgan fingerprint density at radius 1 is 1.29 bits per heavy atom. The first-order valence-corrected chi connectivity index (χ1v) is 9.26. The number of hydrogen-bond acceptors (Lipinski definition) is 0. The number of alkyl halides is 1. The highest BCUT2D eigenvalue weighted by molar-refractivity contribution is 9.09. The van der Waals surface area contributed by atoms with Crippen LogP contribution in [-0.4, -0.2) is 5.33 Å². The molecule has 1 aliphatic rings. The second-order valence-corrected chi connectivity index (χ2v) is 8.65. The fraction of sp³-hybridized carbons (Fsp3) is 0.667. The molecular weight excluding hydrogens is 351 g/mol. The molecule has 3 heteroatoms. The minimum Gasteiger partial charge on any atom is -0.207 e. The van der Waals surface area contributed by atoms with Gasteiger partial charge in [0.2, 0.25) is 0 Å². The fourth-order valence-corrected chi connectivity index (χ4v) is 4.52. The number of rotatable bonds is 3. The van der Waals surface area contributed by atoms with E-state index in [-0.39, 0.29) is 11.2 Å². The molecule has 1 aliphatic carbocycles. The summed E-state index contributed by atoms with van der Waals surface area (Å²) in [5.41, 5.74) is 1.74. The van der Waals surface area contributed by atoms with Crippen molar-refractivity contribution in [1.82, 2.24) is 0 Å². The zero-order valence-electron chi connectivity index (χ0n) is 13.2. The van der Waals surface area contributed by atoms with Crippen LogP contribution in [0.15, 0.2) is 18.2 Å². The summed E-state index contributed by atoms with van der Waals surface area (Å²) in [5, 5.41) is 1.55. The predicted molar refractivity (Wildman–Crippen MR) is 92.8 cm³/mol. The Kier molecular flexibility index (Phi) is 5.41. The van der Waals surface area contributed by atoms with E-state index in [1.807, 2.05) is 6.07 Å². The van der Waals surface area contributed by atoms with Crippen molar-refractivity contribution in [2.24, 2.45) is 16.7 Å². The second kappa shape index (κ2) is 6.58. The van der Waals surface area contributed by atoms with E-state index in [1.165, 1.54) is 37.8 Å². The van der Waals surface area contributed by atoms with E-state index in [0.29, 0.717) is 10.4 Å². The van der Waals surface area contributed by atoms with Crippen LogP contribution in [0.5, 0.6) is 0 Å². The molecule has 0 spiro atoms. The van der Waals surface area contributed by atoms with Gasteiger partial charge in [0.05, 0.1) is 0 Å². The minimum atomic E-state index is -0.256. The molecule has 0 saturated heterocycles. The van der Waals surface area contributed by atoms with Gasteiger partial charge in [0.1, 0.15) is 5.82 Å². The molecule has 1 fully saturated rings. The maximum Gasteiger partial charge on any atom is 0.124 e. The lowest BCUT2D eigenvalue weighted by molar-refractivity contribution is 0.103. The predicted octanol–water partition coefficient (Wildman–Crippen LogP) is 6.64. The molecule has 0 N–H and O–H groups in total. The van der Waals surface area contributed by atoms with Crippen molar-refractivity contribution in [3.63, 3.8) is 0 Å². The van der Waals surface area contributed by atoms with E-state index in [1.54, 1.807) is 0 Å².